The zero-order valence-corrected chi connectivity index (χ0v) is 14.5. The maximum absolute atomic E-state index is 12.0. The van der Waals surface area contributed by atoms with E-state index < -0.39 is 17.9 Å². The van der Waals surface area contributed by atoms with Crippen molar-refractivity contribution < 1.29 is 24.2 Å². The van der Waals surface area contributed by atoms with Gasteiger partial charge in [-0.1, -0.05) is 54.6 Å². The Bertz CT molecular complexity index is 873. The van der Waals surface area contributed by atoms with Crippen molar-refractivity contribution in [1.82, 2.24) is 5.32 Å². The molecule has 1 aliphatic heterocycles. The first-order valence-corrected chi connectivity index (χ1v) is 8.43. The molecule has 138 valence electrons. The van der Waals surface area contributed by atoms with Crippen molar-refractivity contribution in [2.75, 3.05) is 6.79 Å². The summed E-state index contributed by atoms with van der Waals surface area (Å²) >= 11 is 0. The van der Waals surface area contributed by atoms with Gasteiger partial charge in [-0.2, -0.15) is 0 Å². The van der Waals surface area contributed by atoms with Gasteiger partial charge in [-0.3, -0.25) is 4.79 Å². The van der Waals surface area contributed by atoms with E-state index in [1.807, 2.05) is 54.6 Å². The third-order valence-corrected chi connectivity index (χ3v) is 3.94. The smallest absolute Gasteiger partial charge is 0.326 e. The van der Waals surface area contributed by atoms with Gasteiger partial charge in [0, 0.05) is 12.5 Å². The second-order valence-corrected chi connectivity index (χ2v) is 5.92. The first-order chi connectivity index (χ1) is 13.1. The lowest BCUT2D eigenvalue weighted by molar-refractivity contribution is -0.141. The Labute approximate surface area is 156 Å². The molecule has 3 rings (SSSR count). The number of carbonyl (C=O) groups is 2. The van der Waals surface area contributed by atoms with Crippen molar-refractivity contribution in [3.63, 3.8) is 0 Å². The number of benzene rings is 2. The number of aliphatic carboxylic acids is 1. The predicted octanol–water partition coefficient (Wildman–Crippen LogP) is 2.80. The zero-order chi connectivity index (χ0) is 19.1. The summed E-state index contributed by atoms with van der Waals surface area (Å²) in [5, 5.41) is 11.8. The lowest BCUT2D eigenvalue weighted by atomic mass is 10.1. The number of allylic oxidation sites excluding steroid dienone is 2. The minimum Gasteiger partial charge on any atom is -0.480 e. The van der Waals surface area contributed by atoms with Crippen molar-refractivity contribution in [3.8, 4) is 11.5 Å². The second-order valence-electron chi connectivity index (χ2n) is 5.92. The summed E-state index contributed by atoms with van der Waals surface area (Å²) in [4.78, 5) is 23.4. The minimum atomic E-state index is -1.07. The summed E-state index contributed by atoms with van der Waals surface area (Å²) in [6.07, 6.45) is 6.59. The topological polar surface area (TPSA) is 84.9 Å². The molecule has 0 radical (unpaired) electrons. The van der Waals surface area contributed by atoms with Gasteiger partial charge in [0.15, 0.2) is 11.5 Å². The molecule has 27 heavy (non-hydrogen) atoms. The van der Waals surface area contributed by atoms with Crippen LogP contribution in [0.3, 0.4) is 0 Å². The van der Waals surface area contributed by atoms with Gasteiger partial charge in [-0.15, -0.1) is 0 Å². The van der Waals surface area contributed by atoms with Crippen LogP contribution in [-0.4, -0.2) is 29.8 Å². The normalized spacial score (nSPS) is 13.8. The van der Waals surface area contributed by atoms with Crippen LogP contribution in [0.2, 0.25) is 0 Å². The van der Waals surface area contributed by atoms with Crippen LogP contribution >= 0.6 is 0 Å². The Kier molecular flexibility index (Phi) is 5.89. The largest absolute Gasteiger partial charge is 0.480 e. The Morgan fingerprint density at radius 1 is 1.07 bits per heavy atom. The third kappa shape index (κ3) is 5.22. The molecule has 0 unspecified atom stereocenters. The summed E-state index contributed by atoms with van der Waals surface area (Å²) < 4.78 is 10.6. The van der Waals surface area contributed by atoms with Crippen molar-refractivity contribution in [2.24, 2.45) is 0 Å². The van der Waals surface area contributed by atoms with Crippen molar-refractivity contribution >= 4 is 18.0 Å². The van der Waals surface area contributed by atoms with E-state index in [4.69, 9.17) is 9.47 Å². The highest BCUT2D eigenvalue weighted by atomic mass is 16.7. The number of carboxylic acids is 1. The molecule has 0 saturated heterocycles. The van der Waals surface area contributed by atoms with Crippen LogP contribution in [0.5, 0.6) is 11.5 Å². The predicted molar refractivity (Wildman–Crippen MR) is 100 cm³/mol. The van der Waals surface area contributed by atoms with Gasteiger partial charge in [0.2, 0.25) is 12.7 Å². The first kappa shape index (κ1) is 18.3. The second kappa shape index (κ2) is 8.71. The lowest BCUT2D eigenvalue weighted by Gasteiger charge is -2.13. The molecule has 6 nitrogen and oxygen atoms in total. The fourth-order valence-corrected chi connectivity index (χ4v) is 2.60. The first-order valence-electron chi connectivity index (χ1n) is 8.43. The third-order valence-electron chi connectivity index (χ3n) is 3.94. The molecule has 0 aliphatic carbocycles. The number of hydrogen-bond donors (Lipinski definition) is 2. The van der Waals surface area contributed by atoms with E-state index in [0.29, 0.717) is 11.5 Å². The van der Waals surface area contributed by atoms with Crippen molar-refractivity contribution in [1.29, 1.82) is 0 Å². The molecule has 2 aromatic carbocycles. The highest BCUT2D eigenvalue weighted by Crippen LogP contribution is 2.32. The summed E-state index contributed by atoms with van der Waals surface area (Å²) in [5.41, 5.74) is 1.74. The van der Waals surface area contributed by atoms with E-state index in [-0.39, 0.29) is 13.2 Å². The summed E-state index contributed by atoms with van der Waals surface area (Å²) in [6.45, 7) is 0.219. The molecule has 1 atom stereocenters. The molecule has 1 heterocycles. The van der Waals surface area contributed by atoms with Crippen molar-refractivity contribution in [3.05, 3.63) is 77.9 Å². The number of carbonyl (C=O) groups excluding carboxylic acids is 1. The van der Waals surface area contributed by atoms with Gasteiger partial charge in [0.1, 0.15) is 6.04 Å². The number of carboxylic acid groups (broad SMARTS) is 1. The zero-order valence-electron chi connectivity index (χ0n) is 14.5. The van der Waals surface area contributed by atoms with E-state index in [1.54, 1.807) is 12.2 Å². The fraction of sp³-hybridized carbons (Fsp3) is 0.143. The molecular formula is C21H19NO5. The number of amides is 1. The monoisotopic (exact) mass is 365 g/mol. The number of rotatable bonds is 7. The fourth-order valence-electron chi connectivity index (χ4n) is 2.60. The van der Waals surface area contributed by atoms with Crippen molar-refractivity contribution in [2.45, 2.75) is 12.5 Å². The van der Waals surface area contributed by atoms with E-state index in [0.717, 1.165) is 11.1 Å². The molecule has 0 spiro atoms. The van der Waals surface area contributed by atoms with Crippen LogP contribution in [0.4, 0.5) is 0 Å². The molecule has 0 saturated carbocycles. The SMILES string of the molecule is O=C(/C=C\C=C\c1ccc2c(c1)OCO2)N[C@@H](Cc1ccccc1)C(=O)O. The Morgan fingerprint density at radius 2 is 1.85 bits per heavy atom. The van der Waals surface area contributed by atoms with E-state index >= 15 is 0 Å². The van der Waals surface area contributed by atoms with E-state index in [2.05, 4.69) is 5.32 Å². The van der Waals surface area contributed by atoms with Gasteiger partial charge in [0.25, 0.3) is 0 Å². The van der Waals surface area contributed by atoms with Crippen LogP contribution in [0.25, 0.3) is 6.08 Å². The highest BCUT2D eigenvalue weighted by Gasteiger charge is 2.19. The molecule has 1 amide bonds. The Hall–Kier alpha value is -3.54. The Morgan fingerprint density at radius 3 is 2.63 bits per heavy atom. The molecular weight excluding hydrogens is 346 g/mol. The number of ether oxygens (including phenoxy) is 2. The molecule has 1 aliphatic rings. The highest BCUT2D eigenvalue weighted by molar-refractivity contribution is 5.91. The van der Waals surface area contributed by atoms with Gasteiger partial charge < -0.3 is 19.9 Å². The summed E-state index contributed by atoms with van der Waals surface area (Å²) in [5.74, 6) is -0.144. The standard InChI is InChI=1S/C21H19NO5/c23-20(22-17(21(24)25)12-15-6-2-1-3-7-15)9-5-4-8-16-10-11-18-19(13-16)27-14-26-18/h1-11,13,17H,12,14H2,(H,22,23)(H,24,25)/b8-4+,9-5-/t17-/m0/s1. The summed E-state index contributed by atoms with van der Waals surface area (Å²) in [7, 11) is 0. The van der Waals surface area contributed by atoms with Gasteiger partial charge in [-0.25, -0.2) is 4.79 Å². The van der Waals surface area contributed by atoms with Crippen LogP contribution in [0.15, 0.2) is 66.8 Å². The average Bonchev–Trinajstić information content (AvgIpc) is 3.13. The van der Waals surface area contributed by atoms with Gasteiger partial charge in [-0.05, 0) is 23.3 Å². The van der Waals surface area contributed by atoms with E-state index in [9.17, 15) is 14.7 Å². The quantitative estimate of drug-likeness (QED) is 0.582. The number of fused-ring (bicyclic) bond motifs is 1. The molecule has 0 aromatic heterocycles. The molecule has 2 N–H and O–H groups in total. The van der Waals surface area contributed by atoms with Crippen LogP contribution in [0, 0.1) is 0 Å². The van der Waals surface area contributed by atoms with E-state index in [1.165, 1.54) is 6.08 Å². The molecule has 2 aromatic rings. The maximum Gasteiger partial charge on any atom is 0.326 e. The number of nitrogens with one attached hydrogen (secondary N) is 1. The Balaban J connectivity index is 1.54. The molecule has 0 fully saturated rings. The number of hydrogen-bond acceptors (Lipinski definition) is 4. The molecule has 6 heteroatoms. The maximum atomic E-state index is 12.0. The molecule has 0 bridgehead atoms. The average molecular weight is 365 g/mol. The van der Waals surface area contributed by atoms with Gasteiger partial charge in [0.05, 0.1) is 0 Å². The van der Waals surface area contributed by atoms with Gasteiger partial charge >= 0.3 is 5.97 Å². The van der Waals surface area contributed by atoms with Crippen LogP contribution in [0.1, 0.15) is 11.1 Å². The summed E-state index contributed by atoms with van der Waals surface area (Å²) in [6, 6.07) is 13.7. The van der Waals surface area contributed by atoms with Crippen LogP contribution < -0.4 is 14.8 Å². The van der Waals surface area contributed by atoms with Crippen LogP contribution in [-0.2, 0) is 16.0 Å². The minimum absolute atomic E-state index is 0.219. The lowest BCUT2D eigenvalue weighted by Crippen LogP contribution is -2.41.